The Morgan fingerprint density at radius 3 is 2.31 bits per heavy atom. The van der Waals surface area contributed by atoms with Crippen molar-refractivity contribution in [3.05, 3.63) is 78.4 Å². The van der Waals surface area contributed by atoms with Crippen LogP contribution in [0.4, 0.5) is 17.1 Å². The molecule has 178 valence electrons. The number of benzene rings is 3. The number of anilines is 3. The molecule has 0 unspecified atom stereocenters. The lowest BCUT2D eigenvalue weighted by Gasteiger charge is -2.33. The molecular formula is C26H23N3O5S. The molecule has 8 nitrogen and oxygen atoms in total. The van der Waals surface area contributed by atoms with Crippen LogP contribution in [-0.2, 0) is 19.3 Å². The number of nitrogens with zero attached hydrogens (tertiary/aromatic N) is 2. The van der Waals surface area contributed by atoms with Crippen LogP contribution < -0.4 is 24.6 Å². The summed E-state index contributed by atoms with van der Waals surface area (Å²) in [5.41, 5.74) is 2.43. The van der Waals surface area contributed by atoms with E-state index >= 15 is 0 Å². The molecule has 9 heteroatoms. The van der Waals surface area contributed by atoms with Gasteiger partial charge in [-0.3, -0.25) is 24.2 Å². The van der Waals surface area contributed by atoms with E-state index in [0.29, 0.717) is 34.1 Å². The molecule has 0 radical (unpaired) electrons. The second kappa shape index (κ2) is 8.99. The van der Waals surface area contributed by atoms with E-state index in [1.807, 2.05) is 48.5 Å². The molecule has 1 N–H and O–H groups in total. The fourth-order valence-corrected chi connectivity index (χ4v) is 5.87. The predicted molar refractivity (Wildman–Crippen MR) is 135 cm³/mol. The predicted octanol–water partition coefficient (Wildman–Crippen LogP) is 3.62. The number of amides is 3. The van der Waals surface area contributed by atoms with Crippen molar-refractivity contribution in [3.8, 4) is 11.5 Å². The number of nitrogens with one attached hydrogen (secondary N) is 1. The molecule has 3 aromatic carbocycles. The minimum absolute atomic E-state index is 0.154. The topological polar surface area (TPSA) is 88.2 Å². The highest BCUT2D eigenvalue weighted by atomic mass is 32.2. The molecule has 0 aliphatic carbocycles. The summed E-state index contributed by atoms with van der Waals surface area (Å²) in [4.78, 5) is 41.8. The van der Waals surface area contributed by atoms with Crippen LogP contribution >= 0.6 is 11.8 Å². The summed E-state index contributed by atoms with van der Waals surface area (Å²) in [5.74, 6) is 0.358. The minimum Gasteiger partial charge on any atom is -0.497 e. The molecule has 1 atom stereocenters. The summed E-state index contributed by atoms with van der Waals surface area (Å²) >= 11 is 1.28. The van der Waals surface area contributed by atoms with Gasteiger partial charge in [0.25, 0.3) is 5.91 Å². The minimum atomic E-state index is -1.26. The van der Waals surface area contributed by atoms with Crippen LogP contribution in [0, 0.1) is 0 Å². The van der Waals surface area contributed by atoms with E-state index in [-0.39, 0.29) is 30.0 Å². The molecule has 0 aromatic heterocycles. The summed E-state index contributed by atoms with van der Waals surface area (Å²) in [6.07, 6.45) is 0. The van der Waals surface area contributed by atoms with E-state index in [4.69, 9.17) is 9.47 Å². The largest absolute Gasteiger partial charge is 0.497 e. The molecule has 3 amide bonds. The fraction of sp³-hybridized carbons (Fsp3) is 0.192. The fourth-order valence-electron chi connectivity index (χ4n) is 4.51. The summed E-state index contributed by atoms with van der Waals surface area (Å²) in [5, 5.41) is 2.82. The molecule has 1 saturated heterocycles. The van der Waals surface area contributed by atoms with Crippen LogP contribution in [0.2, 0.25) is 0 Å². The Kier molecular flexibility index (Phi) is 5.86. The van der Waals surface area contributed by atoms with Crippen LogP contribution in [0.5, 0.6) is 11.5 Å². The number of rotatable bonds is 6. The van der Waals surface area contributed by atoms with Gasteiger partial charge in [0.05, 0.1) is 25.7 Å². The first-order chi connectivity index (χ1) is 17.0. The quantitative estimate of drug-likeness (QED) is 0.569. The van der Waals surface area contributed by atoms with E-state index in [1.165, 1.54) is 30.9 Å². The van der Waals surface area contributed by atoms with Gasteiger partial charge in [0.15, 0.2) is 0 Å². The molecule has 5 rings (SSSR count). The van der Waals surface area contributed by atoms with Gasteiger partial charge in [-0.1, -0.05) is 36.4 Å². The smallest absolute Gasteiger partial charge is 0.269 e. The summed E-state index contributed by atoms with van der Waals surface area (Å²) in [6, 6.07) is 21.5. The van der Waals surface area contributed by atoms with Gasteiger partial charge >= 0.3 is 0 Å². The van der Waals surface area contributed by atoms with Crippen molar-refractivity contribution in [1.29, 1.82) is 0 Å². The van der Waals surface area contributed by atoms with Crippen molar-refractivity contribution in [3.63, 3.8) is 0 Å². The molecule has 1 spiro atoms. The van der Waals surface area contributed by atoms with Crippen molar-refractivity contribution < 1.29 is 23.9 Å². The van der Waals surface area contributed by atoms with Crippen molar-refractivity contribution in [2.75, 3.05) is 41.6 Å². The lowest BCUT2D eigenvalue weighted by molar-refractivity contribution is -0.124. The van der Waals surface area contributed by atoms with E-state index in [9.17, 15) is 14.4 Å². The third kappa shape index (κ3) is 3.77. The molecular weight excluding hydrogens is 466 g/mol. The van der Waals surface area contributed by atoms with E-state index in [0.717, 1.165) is 0 Å². The average Bonchev–Trinajstić information content (AvgIpc) is 3.35. The maximum absolute atomic E-state index is 14.0. The molecule has 2 aliphatic heterocycles. The van der Waals surface area contributed by atoms with Gasteiger partial charge in [-0.05, 0) is 18.2 Å². The first kappa shape index (κ1) is 22.8. The van der Waals surface area contributed by atoms with Crippen molar-refractivity contribution in [2.45, 2.75) is 4.87 Å². The van der Waals surface area contributed by atoms with Crippen molar-refractivity contribution in [2.24, 2.45) is 0 Å². The summed E-state index contributed by atoms with van der Waals surface area (Å²) in [6.45, 7) is -0.214. The first-order valence-electron chi connectivity index (χ1n) is 10.9. The van der Waals surface area contributed by atoms with Gasteiger partial charge in [0.2, 0.25) is 16.7 Å². The van der Waals surface area contributed by atoms with Crippen LogP contribution in [-0.4, -0.2) is 44.2 Å². The standard InChI is InChI=1S/C26H23N3O5S/c1-33-19-12-17(13-20(14-19)34-2)27-23(30)15-28-22-11-7-6-10-21(22)26(25(28)32)29(24(31)16-35-26)18-8-4-3-5-9-18/h3-14H,15-16H2,1-2H3,(H,27,30)/t26-/m1/s1. The lowest BCUT2D eigenvalue weighted by Crippen LogP contribution is -2.50. The Morgan fingerprint density at radius 2 is 1.63 bits per heavy atom. The summed E-state index contributed by atoms with van der Waals surface area (Å²) in [7, 11) is 3.05. The Balaban J connectivity index is 1.48. The van der Waals surface area contributed by atoms with Gasteiger partial charge in [0.1, 0.15) is 18.0 Å². The monoisotopic (exact) mass is 489 g/mol. The van der Waals surface area contributed by atoms with Crippen LogP contribution in [0.3, 0.4) is 0 Å². The zero-order valence-electron chi connectivity index (χ0n) is 19.2. The zero-order valence-corrected chi connectivity index (χ0v) is 20.0. The van der Waals surface area contributed by atoms with E-state index in [2.05, 4.69) is 5.32 Å². The molecule has 2 aliphatic rings. The molecule has 0 saturated carbocycles. The third-order valence-electron chi connectivity index (χ3n) is 6.02. The number of hydrogen-bond donors (Lipinski definition) is 1. The summed E-state index contributed by atoms with van der Waals surface area (Å²) < 4.78 is 10.5. The average molecular weight is 490 g/mol. The number of ether oxygens (including phenoxy) is 2. The number of carbonyl (C=O) groups is 3. The van der Waals surface area contributed by atoms with E-state index < -0.39 is 4.87 Å². The second-order valence-corrected chi connectivity index (χ2v) is 9.22. The molecule has 2 heterocycles. The Labute approximate surface area is 206 Å². The van der Waals surface area contributed by atoms with Gasteiger partial charge < -0.3 is 14.8 Å². The number of thioether (sulfide) groups is 1. The second-order valence-electron chi connectivity index (χ2n) is 8.06. The highest BCUT2D eigenvalue weighted by Crippen LogP contribution is 2.55. The van der Waals surface area contributed by atoms with Gasteiger partial charge in [0, 0.05) is 35.1 Å². The van der Waals surface area contributed by atoms with Gasteiger partial charge in [-0.25, -0.2) is 0 Å². The van der Waals surface area contributed by atoms with Gasteiger partial charge in [-0.2, -0.15) is 0 Å². The highest BCUT2D eigenvalue weighted by Gasteiger charge is 2.61. The van der Waals surface area contributed by atoms with Crippen LogP contribution in [0.1, 0.15) is 5.56 Å². The molecule has 1 fully saturated rings. The van der Waals surface area contributed by atoms with Crippen molar-refractivity contribution in [1.82, 2.24) is 0 Å². The Morgan fingerprint density at radius 1 is 0.971 bits per heavy atom. The van der Waals surface area contributed by atoms with Crippen LogP contribution in [0.15, 0.2) is 72.8 Å². The number of methoxy groups -OCH3 is 2. The molecule has 0 bridgehead atoms. The number of fused-ring (bicyclic) bond motifs is 2. The maximum atomic E-state index is 14.0. The highest BCUT2D eigenvalue weighted by molar-refractivity contribution is 8.02. The lowest BCUT2D eigenvalue weighted by atomic mass is 10.0. The number of para-hydroxylation sites is 2. The normalized spacial score (nSPS) is 18.7. The SMILES string of the molecule is COc1cc(NC(=O)CN2C(=O)[C@]3(SCC(=O)N3c3ccccc3)c3ccccc32)cc(OC)c1. The Bertz CT molecular complexity index is 1290. The maximum Gasteiger partial charge on any atom is 0.269 e. The molecule has 3 aromatic rings. The number of carbonyl (C=O) groups excluding carboxylic acids is 3. The van der Waals surface area contributed by atoms with Crippen LogP contribution in [0.25, 0.3) is 0 Å². The van der Waals surface area contributed by atoms with Gasteiger partial charge in [-0.15, -0.1) is 11.8 Å². The zero-order chi connectivity index (χ0) is 24.6. The van der Waals surface area contributed by atoms with Crippen molar-refractivity contribution >= 4 is 46.5 Å². The first-order valence-corrected chi connectivity index (χ1v) is 11.9. The number of hydrogen-bond acceptors (Lipinski definition) is 6. The third-order valence-corrected chi connectivity index (χ3v) is 7.40. The Hall–Kier alpha value is -3.98. The molecule has 35 heavy (non-hydrogen) atoms. The van der Waals surface area contributed by atoms with E-state index in [1.54, 1.807) is 29.2 Å².